The number of hydrogen-bond donors (Lipinski definition) is 1. The Morgan fingerprint density at radius 3 is 2.13 bits per heavy atom. The number of nitrogens with zero attached hydrogens (tertiary/aromatic N) is 2. The van der Waals surface area contributed by atoms with Gasteiger partial charge in [0.15, 0.2) is 0 Å². The quantitative estimate of drug-likeness (QED) is 0.394. The number of halogens is 2. The number of sulfonamides is 2. The molecule has 1 saturated heterocycles. The fourth-order valence-corrected chi connectivity index (χ4v) is 7.09. The van der Waals surface area contributed by atoms with Crippen molar-refractivity contribution in [3.05, 3.63) is 94.8 Å². The van der Waals surface area contributed by atoms with Crippen molar-refractivity contribution in [2.24, 2.45) is 0 Å². The molecule has 1 N–H and O–H groups in total. The average molecular weight is 580 g/mol. The Balaban J connectivity index is 1.46. The van der Waals surface area contributed by atoms with E-state index in [0.29, 0.717) is 23.7 Å². The molecule has 0 unspecified atom stereocenters. The van der Waals surface area contributed by atoms with Gasteiger partial charge < -0.3 is 5.32 Å². The van der Waals surface area contributed by atoms with Crippen molar-refractivity contribution in [1.82, 2.24) is 13.9 Å². The van der Waals surface area contributed by atoms with Gasteiger partial charge in [-0.25, -0.2) is 21.2 Å². The number of amides is 1. The van der Waals surface area contributed by atoms with Gasteiger partial charge in [0.1, 0.15) is 5.82 Å². The fourth-order valence-electron chi connectivity index (χ4n) is 4.07. The number of benzene rings is 3. The number of carbonyl (C=O) groups excluding carboxylic acids is 1. The minimum atomic E-state index is -4.17. The van der Waals surface area contributed by atoms with Gasteiger partial charge in [-0.05, 0) is 60.9 Å². The van der Waals surface area contributed by atoms with Crippen molar-refractivity contribution in [3.63, 3.8) is 0 Å². The summed E-state index contributed by atoms with van der Waals surface area (Å²) in [5.74, 6) is -1.19. The van der Waals surface area contributed by atoms with Crippen LogP contribution in [0.3, 0.4) is 0 Å². The minimum absolute atomic E-state index is 0.0530. The summed E-state index contributed by atoms with van der Waals surface area (Å²) in [6.45, 7) is 0.150. The van der Waals surface area contributed by atoms with Crippen LogP contribution in [0.2, 0.25) is 5.02 Å². The molecule has 1 heterocycles. The molecule has 0 saturated carbocycles. The number of nitrogens with one attached hydrogen (secondary N) is 1. The summed E-state index contributed by atoms with van der Waals surface area (Å²) in [5, 5.41) is 3.00. The van der Waals surface area contributed by atoms with E-state index >= 15 is 0 Å². The van der Waals surface area contributed by atoms with Gasteiger partial charge in [-0.3, -0.25) is 4.79 Å². The third kappa shape index (κ3) is 6.59. The van der Waals surface area contributed by atoms with Gasteiger partial charge in [-0.2, -0.15) is 8.61 Å². The van der Waals surface area contributed by atoms with E-state index in [9.17, 15) is 26.0 Å². The minimum Gasteiger partial charge on any atom is -0.351 e. The average Bonchev–Trinajstić information content (AvgIpc) is 3.45. The molecule has 8 nitrogen and oxygen atoms in total. The maximum Gasteiger partial charge on any atom is 0.243 e. The first-order valence-corrected chi connectivity index (χ1v) is 15.2. The maximum atomic E-state index is 14.3. The predicted molar refractivity (Wildman–Crippen MR) is 142 cm³/mol. The van der Waals surface area contributed by atoms with Crippen LogP contribution >= 0.6 is 11.6 Å². The molecule has 1 amide bonds. The Morgan fingerprint density at radius 2 is 1.50 bits per heavy atom. The molecule has 0 aromatic heterocycles. The molecule has 0 spiro atoms. The zero-order valence-electron chi connectivity index (χ0n) is 20.4. The highest BCUT2D eigenvalue weighted by molar-refractivity contribution is 7.89. The highest BCUT2D eigenvalue weighted by Crippen LogP contribution is 2.23. The summed E-state index contributed by atoms with van der Waals surface area (Å²) in [5.41, 5.74) is 0.757. The first kappa shape index (κ1) is 28.2. The summed E-state index contributed by atoms with van der Waals surface area (Å²) < 4.78 is 68.7. The van der Waals surface area contributed by atoms with Gasteiger partial charge in [0.25, 0.3) is 0 Å². The molecule has 1 fully saturated rings. The number of rotatable bonds is 10. The van der Waals surface area contributed by atoms with Crippen molar-refractivity contribution >= 4 is 37.6 Å². The lowest BCUT2D eigenvalue weighted by Gasteiger charge is -2.22. The molecule has 0 aliphatic carbocycles. The number of carbonyl (C=O) groups is 1. The van der Waals surface area contributed by atoms with E-state index in [1.54, 1.807) is 18.2 Å². The van der Waals surface area contributed by atoms with E-state index in [1.807, 2.05) is 0 Å². The molecule has 202 valence electrons. The molecule has 0 bridgehead atoms. The highest BCUT2D eigenvalue weighted by Gasteiger charge is 2.28. The van der Waals surface area contributed by atoms with Crippen LogP contribution in [-0.2, 0) is 37.9 Å². The summed E-state index contributed by atoms with van der Waals surface area (Å²) in [6, 6.07) is 17.4. The SMILES string of the molecule is O=C(CN(Cc1ccccc1F)S(=O)(=O)c1ccc(Cl)cc1)NCc1ccc(S(=O)(=O)N2CCCC2)cc1. The van der Waals surface area contributed by atoms with Gasteiger partial charge in [-0.1, -0.05) is 41.9 Å². The van der Waals surface area contributed by atoms with Crippen LogP contribution in [0.1, 0.15) is 24.0 Å². The van der Waals surface area contributed by atoms with E-state index < -0.39 is 38.3 Å². The van der Waals surface area contributed by atoms with Crippen LogP contribution in [0.5, 0.6) is 0 Å². The van der Waals surface area contributed by atoms with Crippen molar-refractivity contribution in [2.75, 3.05) is 19.6 Å². The fraction of sp³-hybridized carbons (Fsp3) is 0.269. The van der Waals surface area contributed by atoms with E-state index in [4.69, 9.17) is 11.6 Å². The van der Waals surface area contributed by atoms with Gasteiger partial charge in [-0.15, -0.1) is 0 Å². The first-order chi connectivity index (χ1) is 18.1. The Kier molecular flexibility index (Phi) is 8.84. The second-order valence-corrected chi connectivity index (χ2v) is 13.2. The topological polar surface area (TPSA) is 104 Å². The van der Waals surface area contributed by atoms with Gasteiger partial charge in [0.05, 0.1) is 16.3 Å². The van der Waals surface area contributed by atoms with Gasteiger partial charge >= 0.3 is 0 Å². The molecular formula is C26H27ClFN3O5S2. The standard InChI is InChI=1S/C26H27ClFN3O5S2/c27-22-9-13-24(14-10-22)38(35,36)31(18-21-5-1-2-6-25(21)28)19-26(32)29-17-20-7-11-23(12-8-20)37(33,34)30-15-3-4-16-30/h1-2,5-14H,3-4,15-19H2,(H,29,32). The predicted octanol–water partition coefficient (Wildman–Crippen LogP) is 3.77. The van der Waals surface area contributed by atoms with Crippen LogP contribution < -0.4 is 5.32 Å². The van der Waals surface area contributed by atoms with Crippen molar-refractivity contribution in [2.45, 2.75) is 35.7 Å². The lowest BCUT2D eigenvalue weighted by atomic mass is 10.2. The van der Waals surface area contributed by atoms with Gasteiger partial charge in [0, 0.05) is 36.8 Å². The lowest BCUT2D eigenvalue weighted by molar-refractivity contribution is -0.121. The third-order valence-corrected chi connectivity index (χ3v) is 10.2. The molecule has 1 aliphatic rings. The van der Waals surface area contributed by atoms with Crippen LogP contribution in [0.25, 0.3) is 0 Å². The Bertz CT molecular complexity index is 1490. The van der Waals surface area contributed by atoms with E-state index in [1.165, 1.54) is 58.9 Å². The molecule has 0 atom stereocenters. The van der Waals surface area contributed by atoms with Crippen LogP contribution in [0.15, 0.2) is 82.6 Å². The maximum absolute atomic E-state index is 14.3. The van der Waals surface area contributed by atoms with Crippen molar-refractivity contribution in [1.29, 1.82) is 0 Å². The van der Waals surface area contributed by atoms with Crippen molar-refractivity contribution in [3.8, 4) is 0 Å². The molecule has 3 aromatic rings. The lowest BCUT2D eigenvalue weighted by Crippen LogP contribution is -2.40. The zero-order chi connectivity index (χ0) is 27.3. The molecule has 0 radical (unpaired) electrons. The Labute approximate surface area is 227 Å². The normalized spacial score (nSPS) is 14.6. The second kappa shape index (κ2) is 11.9. The molecule has 4 rings (SSSR count). The Hall–Kier alpha value is -2.83. The first-order valence-electron chi connectivity index (χ1n) is 11.9. The molecular weight excluding hydrogens is 553 g/mol. The van der Waals surface area contributed by atoms with E-state index in [2.05, 4.69) is 5.32 Å². The number of hydrogen-bond acceptors (Lipinski definition) is 5. The Morgan fingerprint density at radius 1 is 0.895 bits per heavy atom. The van der Waals surface area contributed by atoms with E-state index in [0.717, 1.165) is 17.1 Å². The molecule has 3 aromatic carbocycles. The highest BCUT2D eigenvalue weighted by atomic mass is 35.5. The largest absolute Gasteiger partial charge is 0.351 e. The van der Waals surface area contributed by atoms with E-state index in [-0.39, 0.29) is 28.4 Å². The van der Waals surface area contributed by atoms with Gasteiger partial charge in [0.2, 0.25) is 26.0 Å². The third-order valence-electron chi connectivity index (χ3n) is 6.19. The van der Waals surface area contributed by atoms with Crippen LogP contribution in [0.4, 0.5) is 4.39 Å². The molecule has 38 heavy (non-hydrogen) atoms. The summed E-state index contributed by atoms with van der Waals surface area (Å²) in [7, 11) is -7.71. The van der Waals surface area contributed by atoms with Crippen LogP contribution in [0, 0.1) is 5.82 Å². The molecule has 12 heteroatoms. The second-order valence-electron chi connectivity index (χ2n) is 8.85. The summed E-state index contributed by atoms with van der Waals surface area (Å²) >= 11 is 5.89. The molecule has 1 aliphatic heterocycles. The smallest absolute Gasteiger partial charge is 0.243 e. The zero-order valence-corrected chi connectivity index (χ0v) is 22.8. The summed E-state index contributed by atoms with van der Waals surface area (Å²) in [6.07, 6.45) is 1.68. The monoisotopic (exact) mass is 579 g/mol. The summed E-state index contributed by atoms with van der Waals surface area (Å²) in [4.78, 5) is 12.9. The van der Waals surface area contributed by atoms with Crippen LogP contribution in [-0.4, -0.2) is 51.0 Å². The van der Waals surface area contributed by atoms with Crippen molar-refractivity contribution < 1.29 is 26.0 Å².